The van der Waals surface area contributed by atoms with Crippen LogP contribution in [0.1, 0.15) is 0 Å². The van der Waals surface area contributed by atoms with E-state index < -0.39 is 12.3 Å². The Hall–Kier alpha value is -5.49. The van der Waals surface area contributed by atoms with Gasteiger partial charge in [0.1, 0.15) is 12.3 Å². The van der Waals surface area contributed by atoms with Crippen molar-refractivity contribution in [3.63, 3.8) is 0 Å². The molecule has 8 aromatic rings. The van der Waals surface area contributed by atoms with E-state index in [1.54, 1.807) is 0 Å². The molecule has 51 heavy (non-hydrogen) atoms. The van der Waals surface area contributed by atoms with Crippen LogP contribution in [0.2, 0.25) is 0 Å². The summed E-state index contributed by atoms with van der Waals surface area (Å²) < 4.78 is 0. The Bertz CT molecular complexity index is 1680. The van der Waals surface area contributed by atoms with E-state index in [1.165, 1.54) is 43.7 Å². The molecule has 0 aliphatic carbocycles. The van der Waals surface area contributed by atoms with Crippen LogP contribution < -0.4 is 43.7 Å². The van der Waals surface area contributed by atoms with Gasteiger partial charge in [-0.05, 0) is 0 Å². The molecule has 0 aliphatic heterocycles. The van der Waals surface area contributed by atoms with Crippen molar-refractivity contribution in [2.75, 3.05) is 0 Å². The average molecular weight is 704 g/mol. The third kappa shape index (κ3) is 7.09. The molecule has 0 bridgehead atoms. The largest absolute Gasteiger partial charge is 2.00 e. The predicted molar refractivity (Wildman–Crippen MR) is 220 cm³/mol. The molecule has 8 aromatic carbocycles. The standard InChI is InChI=1S/2C24H20B.Zn/c2*1-5-13-21(14-6-1)25(22-15-7-2-8-16-22,23-17-9-3-10-18-23)24-19-11-4-12-20-24;/h2*1-20H;/q2*-1;+2. The van der Waals surface area contributed by atoms with Crippen LogP contribution in [0.4, 0.5) is 0 Å². The van der Waals surface area contributed by atoms with E-state index in [-0.39, 0.29) is 19.5 Å². The molecule has 0 saturated carbocycles. The van der Waals surface area contributed by atoms with E-state index in [9.17, 15) is 0 Å². The summed E-state index contributed by atoms with van der Waals surface area (Å²) in [6.45, 7) is 0. The fourth-order valence-corrected chi connectivity index (χ4v) is 8.24. The summed E-state index contributed by atoms with van der Waals surface area (Å²) in [5.41, 5.74) is 10.7. The van der Waals surface area contributed by atoms with Crippen LogP contribution in [-0.4, -0.2) is 12.3 Å². The van der Waals surface area contributed by atoms with Crippen LogP contribution in [0.15, 0.2) is 243 Å². The zero-order valence-corrected chi connectivity index (χ0v) is 31.9. The molecule has 0 N–H and O–H groups in total. The minimum Gasteiger partial charge on any atom is -0.195 e. The van der Waals surface area contributed by atoms with Crippen LogP contribution >= 0.6 is 0 Å². The molecule has 0 atom stereocenters. The van der Waals surface area contributed by atoms with Gasteiger partial charge in [0, 0.05) is 0 Å². The van der Waals surface area contributed by atoms with Crippen LogP contribution in [0.5, 0.6) is 0 Å². The van der Waals surface area contributed by atoms with Crippen LogP contribution in [0, 0.1) is 0 Å². The van der Waals surface area contributed by atoms with Gasteiger partial charge in [0.25, 0.3) is 0 Å². The maximum atomic E-state index is 2.26. The van der Waals surface area contributed by atoms with Gasteiger partial charge in [-0.3, -0.25) is 0 Å². The third-order valence-electron chi connectivity index (χ3n) is 10.4. The van der Waals surface area contributed by atoms with Crippen molar-refractivity contribution < 1.29 is 19.5 Å². The van der Waals surface area contributed by atoms with E-state index >= 15 is 0 Å². The Morgan fingerprint density at radius 1 is 0.157 bits per heavy atom. The average Bonchev–Trinajstić information content (AvgIpc) is 3.22. The van der Waals surface area contributed by atoms with Gasteiger partial charge in [-0.2, -0.15) is 43.7 Å². The van der Waals surface area contributed by atoms with E-state index in [2.05, 4.69) is 243 Å². The maximum Gasteiger partial charge on any atom is 2.00 e. The molecule has 0 amide bonds. The quantitative estimate of drug-likeness (QED) is 0.167. The van der Waals surface area contributed by atoms with Gasteiger partial charge in [-0.1, -0.05) is 243 Å². The fraction of sp³-hybridized carbons (Fsp3) is 0. The van der Waals surface area contributed by atoms with Crippen molar-refractivity contribution in [2.45, 2.75) is 0 Å². The Kier molecular flexibility index (Phi) is 11.7. The molecule has 0 unspecified atom stereocenters. The topological polar surface area (TPSA) is 0 Å². The Labute approximate surface area is 316 Å². The second-order valence-electron chi connectivity index (χ2n) is 13.0. The van der Waals surface area contributed by atoms with Gasteiger partial charge >= 0.3 is 19.5 Å². The molecule has 0 nitrogen and oxygen atoms in total. The number of rotatable bonds is 8. The zero-order valence-electron chi connectivity index (χ0n) is 29.0. The summed E-state index contributed by atoms with van der Waals surface area (Å²) in [6.07, 6.45) is -2.43. The second kappa shape index (κ2) is 17.0. The summed E-state index contributed by atoms with van der Waals surface area (Å²) >= 11 is 0. The molecule has 3 heteroatoms. The summed E-state index contributed by atoms with van der Waals surface area (Å²) in [4.78, 5) is 0. The van der Waals surface area contributed by atoms with Crippen molar-refractivity contribution in [1.82, 2.24) is 0 Å². The van der Waals surface area contributed by atoms with Gasteiger partial charge in [-0.25, -0.2) is 0 Å². The van der Waals surface area contributed by atoms with Crippen LogP contribution in [0.25, 0.3) is 0 Å². The molecule has 0 aromatic heterocycles. The van der Waals surface area contributed by atoms with Gasteiger partial charge in [0.15, 0.2) is 0 Å². The van der Waals surface area contributed by atoms with Gasteiger partial charge in [-0.15, -0.1) is 0 Å². The number of hydrogen-bond donors (Lipinski definition) is 0. The second-order valence-corrected chi connectivity index (χ2v) is 13.0. The Morgan fingerprint density at radius 2 is 0.255 bits per heavy atom. The Morgan fingerprint density at radius 3 is 0.353 bits per heavy atom. The van der Waals surface area contributed by atoms with E-state index in [0.29, 0.717) is 0 Å². The normalized spacial score (nSPS) is 11.0. The van der Waals surface area contributed by atoms with Crippen molar-refractivity contribution >= 4 is 56.0 Å². The molecule has 0 heterocycles. The summed E-state index contributed by atoms with van der Waals surface area (Å²) in [5.74, 6) is 0. The van der Waals surface area contributed by atoms with E-state index in [1.807, 2.05) is 0 Å². The monoisotopic (exact) mass is 702 g/mol. The summed E-state index contributed by atoms with van der Waals surface area (Å²) in [6, 6.07) is 87.1. The smallest absolute Gasteiger partial charge is 0.195 e. The molecule has 0 spiro atoms. The van der Waals surface area contributed by atoms with Crippen LogP contribution in [0.3, 0.4) is 0 Å². The Balaban J connectivity index is 0.000000172. The van der Waals surface area contributed by atoms with Gasteiger partial charge in [0.2, 0.25) is 0 Å². The minimum absolute atomic E-state index is 0. The third-order valence-corrected chi connectivity index (χ3v) is 10.4. The molecular weight excluding hydrogens is 664 g/mol. The first-order chi connectivity index (χ1) is 24.8. The predicted octanol–water partition coefficient (Wildman–Crippen LogP) is 6.13. The first-order valence-electron chi connectivity index (χ1n) is 17.6. The molecule has 0 radical (unpaired) electrons. The van der Waals surface area contributed by atoms with Crippen molar-refractivity contribution in [3.8, 4) is 0 Å². The van der Waals surface area contributed by atoms with Crippen molar-refractivity contribution in [1.29, 1.82) is 0 Å². The minimum atomic E-state index is -1.22. The molecule has 8 rings (SSSR count). The fourth-order valence-electron chi connectivity index (χ4n) is 8.24. The van der Waals surface area contributed by atoms with Crippen LogP contribution in [-0.2, 0) is 19.5 Å². The molecule has 0 aliphatic rings. The van der Waals surface area contributed by atoms with Crippen molar-refractivity contribution in [3.05, 3.63) is 243 Å². The van der Waals surface area contributed by atoms with E-state index in [0.717, 1.165) is 0 Å². The maximum absolute atomic E-state index is 2.26. The molecular formula is C48H40B2Zn. The summed E-state index contributed by atoms with van der Waals surface area (Å²) in [5, 5.41) is 0. The first kappa shape index (κ1) is 35.3. The molecule has 240 valence electrons. The number of hydrogen-bond acceptors (Lipinski definition) is 0. The van der Waals surface area contributed by atoms with Gasteiger partial charge in [0.05, 0.1) is 0 Å². The first-order valence-corrected chi connectivity index (χ1v) is 17.6. The molecule has 0 fully saturated rings. The number of benzene rings is 8. The zero-order chi connectivity index (χ0) is 33.9. The van der Waals surface area contributed by atoms with Gasteiger partial charge < -0.3 is 0 Å². The summed E-state index contributed by atoms with van der Waals surface area (Å²) in [7, 11) is 0. The van der Waals surface area contributed by atoms with Crippen molar-refractivity contribution in [2.24, 2.45) is 0 Å². The SMILES string of the molecule is [Zn+2].c1ccc([B-](c2ccccc2)(c2ccccc2)c2ccccc2)cc1.c1ccc([B-](c2ccccc2)(c2ccccc2)c2ccccc2)cc1. The molecule has 0 saturated heterocycles. The van der Waals surface area contributed by atoms with E-state index in [4.69, 9.17) is 0 Å².